The highest BCUT2D eigenvalue weighted by Gasteiger charge is 2.25. The third-order valence-electron chi connectivity index (χ3n) is 6.91. The largest absolute Gasteiger partial charge is 0.495 e. The standard InChI is InChI=1S/C33H29F2N3O6/c1-18-29(20-7-9-21(34)10-8-20)32(42-4)30(24(37-18)17-40-2)25(39)15-19-6-11-26(22(35)14-19)44-27-12-13-36-23-16-28(41-3)33(43-5)38-31(23)27/h6-14,16H,15,17H2,1-5H3. The number of methoxy groups -OCH3 is 4. The van der Waals surface area contributed by atoms with E-state index in [1.807, 2.05) is 0 Å². The third-order valence-corrected chi connectivity index (χ3v) is 6.91. The minimum absolute atomic E-state index is 0.0493. The first-order valence-corrected chi connectivity index (χ1v) is 13.5. The molecule has 3 heterocycles. The Morgan fingerprint density at radius 1 is 0.841 bits per heavy atom. The predicted molar refractivity (Wildman–Crippen MR) is 159 cm³/mol. The van der Waals surface area contributed by atoms with Crippen LogP contribution < -0.4 is 18.9 Å². The first-order chi connectivity index (χ1) is 21.3. The van der Waals surface area contributed by atoms with Gasteiger partial charge in [0.2, 0.25) is 0 Å². The second-order valence-electron chi connectivity index (χ2n) is 9.71. The summed E-state index contributed by atoms with van der Waals surface area (Å²) in [6.07, 6.45) is 1.35. The molecule has 0 spiro atoms. The number of Topliss-reactive ketones (excluding diaryl/α,β-unsaturated/α-hetero) is 1. The number of fused-ring (bicyclic) bond motifs is 1. The van der Waals surface area contributed by atoms with Gasteiger partial charge in [-0.1, -0.05) is 18.2 Å². The fraction of sp³-hybridized carbons (Fsp3) is 0.212. The van der Waals surface area contributed by atoms with Crippen LogP contribution in [0.15, 0.2) is 60.8 Å². The monoisotopic (exact) mass is 601 g/mol. The Morgan fingerprint density at radius 3 is 2.27 bits per heavy atom. The van der Waals surface area contributed by atoms with Crippen LogP contribution in [0.2, 0.25) is 0 Å². The van der Waals surface area contributed by atoms with Crippen molar-refractivity contribution < 1.29 is 37.3 Å². The van der Waals surface area contributed by atoms with Gasteiger partial charge in [-0.15, -0.1) is 0 Å². The number of pyridine rings is 3. The fourth-order valence-corrected chi connectivity index (χ4v) is 4.94. The Morgan fingerprint density at radius 2 is 1.61 bits per heavy atom. The molecule has 0 atom stereocenters. The Balaban J connectivity index is 1.47. The van der Waals surface area contributed by atoms with E-state index in [2.05, 4.69) is 15.0 Å². The summed E-state index contributed by atoms with van der Waals surface area (Å²) in [6, 6.07) is 13.3. The van der Waals surface area contributed by atoms with Crippen LogP contribution in [0.1, 0.15) is 27.3 Å². The molecule has 0 fully saturated rings. The zero-order valence-corrected chi connectivity index (χ0v) is 24.7. The summed E-state index contributed by atoms with van der Waals surface area (Å²) in [6.45, 7) is 1.82. The van der Waals surface area contributed by atoms with Crippen molar-refractivity contribution in [2.45, 2.75) is 20.0 Å². The second-order valence-corrected chi connectivity index (χ2v) is 9.71. The molecule has 0 aliphatic heterocycles. The molecule has 11 heteroatoms. The molecule has 44 heavy (non-hydrogen) atoms. The van der Waals surface area contributed by atoms with Crippen LogP contribution in [0, 0.1) is 18.6 Å². The van der Waals surface area contributed by atoms with E-state index in [-0.39, 0.29) is 47.5 Å². The van der Waals surface area contributed by atoms with Crippen LogP contribution in [-0.2, 0) is 17.8 Å². The van der Waals surface area contributed by atoms with Crippen LogP contribution in [0.3, 0.4) is 0 Å². The molecule has 0 saturated carbocycles. The Labute approximate surface area is 252 Å². The van der Waals surface area contributed by atoms with Crippen molar-refractivity contribution >= 4 is 16.8 Å². The van der Waals surface area contributed by atoms with Crippen molar-refractivity contribution in [3.8, 4) is 40.0 Å². The number of carbonyl (C=O) groups is 1. The van der Waals surface area contributed by atoms with E-state index in [9.17, 15) is 9.18 Å². The molecule has 5 aromatic rings. The molecule has 0 radical (unpaired) electrons. The number of hydrogen-bond acceptors (Lipinski definition) is 9. The Kier molecular flexibility index (Phi) is 8.96. The summed E-state index contributed by atoms with van der Waals surface area (Å²) in [5.74, 6) is -0.348. The zero-order chi connectivity index (χ0) is 31.4. The van der Waals surface area contributed by atoms with Crippen molar-refractivity contribution in [3.63, 3.8) is 0 Å². The van der Waals surface area contributed by atoms with Crippen LogP contribution in [-0.4, -0.2) is 49.2 Å². The average Bonchev–Trinajstić information content (AvgIpc) is 3.02. The lowest BCUT2D eigenvalue weighted by atomic mass is 9.94. The molecule has 0 N–H and O–H groups in total. The van der Waals surface area contributed by atoms with Crippen LogP contribution >= 0.6 is 0 Å². The van der Waals surface area contributed by atoms with E-state index in [1.165, 1.54) is 58.9 Å². The van der Waals surface area contributed by atoms with Gasteiger partial charge in [0.1, 0.15) is 17.1 Å². The Bertz CT molecular complexity index is 1850. The van der Waals surface area contributed by atoms with Gasteiger partial charge in [0.25, 0.3) is 5.88 Å². The predicted octanol–water partition coefficient (Wildman–Crippen LogP) is 6.67. The van der Waals surface area contributed by atoms with Gasteiger partial charge in [-0.3, -0.25) is 14.8 Å². The molecule has 2 aromatic carbocycles. The second kappa shape index (κ2) is 13.0. The number of halogens is 2. The van der Waals surface area contributed by atoms with Crippen molar-refractivity contribution in [2.24, 2.45) is 0 Å². The summed E-state index contributed by atoms with van der Waals surface area (Å²) >= 11 is 0. The number of aryl methyl sites for hydroxylation is 1. The van der Waals surface area contributed by atoms with Crippen molar-refractivity contribution in [3.05, 3.63) is 94.9 Å². The molecule has 3 aromatic heterocycles. The van der Waals surface area contributed by atoms with Crippen LogP contribution in [0.4, 0.5) is 8.78 Å². The summed E-state index contributed by atoms with van der Waals surface area (Å²) < 4.78 is 56.5. The first kappa shape index (κ1) is 30.3. The molecule has 0 unspecified atom stereocenters. The molecule has 0 aliphatic rings. The average molecular weight is 602 g/mol. The minimum atomic E-state index is -0.682. The summed E-state index contributed by atoms with van der Waals surface area (Å²) in [5.41, 5.74) is 3.57. The molecule has 0 amide bonds. The van der Waals surface area contributed by atoms with Gasteiger partial charge in [-0.2, -0.15) is 0 Å². The molecular formula is C33H29F2N3O6. The molecule has 0 aliphatic carbocycles. The number of ketones is 1. The van der Waals surface area contributed by atoms with E-state index in [0.29, 0.717) is 44.9 Å². The number of carbonyl (C=O) groups excluding carboxylic acids is 1. The highest BCUT2D eigenvalue weighted by molar-refractivity contribution is 6.03. The number of aromatic nitrogens is 3. The number of hydrogen-bond donors (Lipinski definition) is 0. The van der Waals surface area contributed by atoms with Gasteiger partial charge in [0.15, 0.2) is 28.8 Å². The maximum atomic E-state index is 15.4. The first-order valence-electron chi connectivity index (χ1n) is 13.5. The normalized spacial score (nSPS) is 11.0. The third kappa shape index (κ3) is 6.00. The number of rotatable bonds is 11. The summed E-state index contributed by atoms with van der Waals surface area (Å²) in [5, 5.41) is 0. The van der Waals surface area contributed by atoms with E-state index >= 15 is 4.39 Å². The summed E-state index contributed by atoms with van der Waals surface area (Å²) in [4.78, 5) is 27.1. The molecule has 0 bridgehead atoms. The van der Waals surface area contributed by atoms with Crippen molar-refractivity contribution in [1.82, 2.24) is 15.0 Å². The zero-order valence-electron chi connectivity index (χ0n) is 24.7. The molecule has 9 nitrogen and oxygen atoms in total. The van der Waals surface area contributed by atoms with E-state index < -0.39 is 11.6 Å². The lowest BCUT2D eigenvalue weighted by molar-refractivity contribution is 0.0983. The molecular weight excluding hydrogens is 572 g/mol. The minimum Gasteiger partial charge on any atom is -0.495 e. The smallest absolute Gasteiger partial charge is 0.257 e. The van der Waals surface area contributed by atoms with Gasteiger partial charge in [0, 0.05) is 43.1 Å². The van der Waals surface area contributed by atoms with Gasteiger partial charge in [0.05, 0.1) is 44.7 Å². The lowest BCUT2D eigenvalue weighted by Crippen LogP contribution is -2.14. The van der Waals surface area contributed by atoms with E-state index in [4.69, 9.17) is 23.7 Å². The highest BCUT2D eigenvalue weighted by atomic mass is 19.1. The number of nitrogens with zero attached hydrogens (tertiary/aromatic N) is 3. The van der Waals surface area contributed by atoms with E-state index in [1.54, 1.807) is 37.3 Å². The number of ether oxygens (including phenoxy) is 5. The quantitative estimate of drug-likeness (QED) is 0.154. The SMILES string of the molecule is COCc1nc(C)c(-c2ccc(F)cc2)c(OC)c1C(=O)Cc1ccc(Oc2ccnc3cc(OC)c(OC)nc23)c(F)c1. The van der Waals surface area contributed by atoms with Gasteiger partial charge in [-0.25, -0.2) is 13.8 Å². The molecule has 226 valence electrons. The molecule has 5 rings (SSSR count). The summed E-state index contributed by atoms with van der Waals surface area (Å²) in [7, 11) is 5.89. The lowest BCUT2D eigenvalue weighted by Gasteiger charge is -2.19. The maximum absolute atomic E-state index is 15.4. The highest BCUT2D eigenvalue weighted by Crippen LogP contribution is 2.38. The number of benzene rings is 2. The van der Waals surface area contributed by atoms with Crippen LogP contribution in [0.25, 0.3) is 22.2 Å². The topological polar surface area (TPSA) is 102 Å². The molecule has 0 saturated heterocycles. The van der Waals surface area contributed by atoms with Gasteiger partial charge >= 0.3 is 0 Å². The van der Waals surface area contributed by atoms with Gasteiger partial charge < -0.3 is 23.7 Å². The van der Waals surface area contributed by atoms with Crippen LogP contribution in [0.5, 0.6) is 28.9 Å². The van der Waals surface area contributed by atoms with Gasteiger partial charge in [-0.05, 0) is 42.3 Å². The maximum Gasteiger partial charge on any atom is 0.257 e. The fourth-order valence-electron chi connectivity index (χ4n) is 4.94. The van der Waals surface area contributed by atoms with Crippen molar-refractivity contribution in [2.75, 3.05) is 28.4 Å². The Hall–Kier alpha value is -5.16. The van der Waals surface area contributed by atoms with Crippen molar-refractivity contribution in [1.29, 1.82) is 0 Å². The van der Waals surface area contributed by atoms with E-state index in [0.717, 1.165) is 0 Å².